The lowest BCUT2D eigenvalue weighted by Gasteiger charge is -2.26. The third-order valence-electron chi connectivity index (χ3n) is 2.89. The molecule has 74 valence electrons. The van der Waals surface area contributed by atoms with E-state index in [4.69, 9.17) is 15.2 Å². The highest BCUT2D eigenvalue weighted by Crippen LogP contribution is 2.34. The molecule has 2 N–H and O–H groups in total. The van der Waals surface area contributed by atoms with Gasteiger partial charge in [-0.2, -0.15) is 0 Å². The van der Waals surface area contributed by atoms with E-state index in [0.717, 1.165) is 32.3 Å². The Morgan fingerprint density at radius 1 is 1.31 bits per heavy atom. The van der Waals surface area contributed by atoms with Gasteiger partial charge in [-0.25, -0.2) is 4.79 Å². The van der Waals surface area contributed by atoms with Gasteiger partial charge in [-0.05, 0) is 31.6 Å². The monoisotopic (exact) mass is 185 g/mol. The number of primary amides is 1. The second-order valence-electron chi connectivity index (χ2n) is 3.85. The predicted molar refractivity (Wildman–Crippen MR) is 46.2 cm³/mol. The van der Waals surface area contributed by atoms with Crippen LogP contribution in [0.3, 0.4) is 0 Å². The van der Waals surface area contributed by atoms with Crippen LogP contribution in [-0.4, -0.2) is 24.9 Å². The highest BCUT2D eigenvalue weighted by molar-refractivity contribution is 5.64. The zero-order valence-electron chi connectivity index (χ0n) is 7.57. The Labute approximate surface area is 77.4 Å². The van der Waals surface area contributed by atoms with Crippen LogP contribution >= 0.6 is 0 Å². The molecule has 1 saturated heterocycles. The maximum atomic E-state index is 10.5. The number of carbonyl (C=O) groups is 1. The van der Waals surface area contributed by atoms with Gasteiger partial charge in [0.05, 0.1) is 12.7 Å². The number of epoxide rings is 1. The van der Waals surface area contributed by atoms with E-state index in [-0.39, 0.29) is 6.10 Å². The average molecular weight is 185 g/mol. The number of carbonyl (C=O) groups excluding carboxylic acids is 1. The van der Waals surface area contributed by atoms with Gasteiger partial charge in [0.1, 0.15) is 6.10 Å². The van der Waals surface area contributed by atoms with Crippen molar-refractivity contribution < 1.29 is 14.3 Å². The van der Waals surface area contributed by atoms with E-state index in [1.165, 1.54) is 0 Å². The summed E-state index contributed by atoms with van der Waals surface area (Å²) in [5.41, 5.74) is 4.94. The second kappa shape index (κ2) is 3.54. The van der Waals surface area contributed by atoms with Crippen molar-refractivity contribution in [2.24, 2.45) is 11.7 Å². The van der Waals surface area contributed by atoms with E-state index in [1.54, 1.807) is 0 Å². The molecule has 0 aromatic heterocycles. The van der Waals surface area contributed by atoms with Crippen LogP contribution < -0.4 is 5.73 Å². The van der Waals surface area contributed by atoms with Gasteiger partial charge >= 0.3 is 6.09 Å². The van der Waals surface area contributed by atoms with Gasteiger partial charge in [-0.15, -0.1) is 0 Å². The highest BCUT2D eigenvalue weighted by Gasteiger charge is 2.35. The van der Waals surface area contributed by atoms with E-state index < -0.39 is 6.09 Å². The molecule has 0 spiro atoms. The Hall–Kier alpha value is -0.770. The fraction of sp³-hybridized carbons (Fsp3) is 0.889. The van der Waals surface area contributed by atoms with Crippen molar-refractivity contribution >= 4 is 6.09 Å². The van der Waals surface area contributed by atoms with Crippen LogP contribution in [0.25, 0.3) is 0 Å². The maximum absolute atomic E-state index is 10.5. The summed E-state index contributed by atoms with van der Waals surface area (Å²) in [6.45, 7) is 0.923. The first-order valence-corrected chi connectivity index (χ1v) is 4.83. The summed E-state index contributed by atoms with van der Waals surface area (Å²) < 4.78 is 10.2. The summed E-state index contributed by atoms with van der Waals surface area (Å²) in [4.78, 5) is 10.5. The standard InChI is InChI=1S/C9H15NO3/c10-9(11)13-7-3-1-6(2-4-7)8-5-12-8/h6-8H,1-5H2,(H2,10,11). The molecule has 0 bridgehead atoms. The Kier molecular flexibility index (Phi) is 2.40. The van der Waals surface area contributed by atoms with Crippen molar-refractivity contribution in [2.45, 2.75) is 37.9 Å². The van der Waals surface area contributed by atoms with Crippen LogP contribution in [0.4, 0.5) is 4.79 Å². The van der Waals surface area contributed by atoms with Crippen LogP contribution in [0.5, 0.6) is 0 Å². The normalized spacial score (nSPS) is 38.3. The Balaban J connectivity index is 1.72. The molecule has 0 aromatic rings. The molecular formula is C9H15NO3. The lowest BCUT2D eigenvalue weighted by atomic mass is 9.85. The first-order chi connectivity index (χ1) is 6.25. The lowest BCUT2D eigenvalue weighted by Crippen LogP contribution is -2.28. The molecule has 2 aliphatic rings. The second-order valence-corrected chi connectivity index (χ2v) is 3.85. The molecule has 13 heavy (non-hydrogen) atoms. The van der Waals surface area contributed by atoms with E-state index in [9.17, 15) is 4.79 Å². The molecule has 2 rings (SSSR count). The van der Waals surface area contributed by atoms with Gasteiger partial charge in [-0.3, -0.25) is 0 Å². The molecule has 1 unspecified atom stereocenters. The molecule has 0 radical (unpaired) electrons. The van der Waals surface area contributed by atoms with Crippen molar-refractivity contribution in [1.82, 2.24) is 0 Å². The average Bonchev–Trinajstić information content (AvgIpc) is 2.87. The predicted octanol–water partition coefficient (Wildman–Crippen LogP) is 1.04. The summed E-state index contributed by atoms with van der Waals surface area (Å²) in [5.74, 6) is 0.688. The molecule has 4 nitrogen and oxygen atoms in total. The summed E-state index contributed by atoms with van der Waals surface area (Å²) in [6, 6.07) is 0. The summed E-state index contributed by atoms with van der Waals surface area (Å²) >= 11 is 0. The van der Waals surface area contributed by atoms with Crippen molar-refractivity contribution in [3.63, 3.8) is 0 Å². The quantitative estimate of drug-likeness (QED) is 0.654. The largest absolute Gasteiger partial charge is 0.446 e. The molecule has 4 heteroatoms. The first-order valence-electron chi connectivity index (χ1n) is 4.83. The van der Waals surface area contributed by atoms with Gasteiger partial charge in [0.15, 0.2) is 0 Å². The minimum atomic E-state index is -0.647. The number of ether oxygens (including phenoxy) is 2. The van der Waals surface area contributed by atoms with E-state index in [0.29, 0.717) is 12.0 Å². The first kappa shape index (κ1) is 8.81. The van der Waals surface area contributed by atoms with Crippen molar-refractivity contribution in [3.05, 3.63) is 0 Å². The summed E-state index contributed by atoms with van der Waals surface area (Å²) in [6.07, 6.45) is 3.97. The van der Waals surface area contributed by atoms with Gasteiger partial charge < -0.3 is 15.2 Å². The summed E-state index contributed by atoms with van der Waals surface area (Å²) in [5, 5.41) is 0. The third kappa shape index (κ3) is 2.34. The zero-order valence-corrected chi connectivity index (χ0v) is 7.57. The van der Waals surface area contributed by atoms with Gasteiger partial charge in [0, 0.05) is 0 Å². The molecule has 2 fully saturated rings. The van der Waals surface area contributed by atoms with E-state index in [1.807, 2.05) is 0 Å². The van der Waals surface area contributed by atoms with Crippen molar-refractivity contribution in [2.75, 3.05) is 6.61 Å². The number of hydrogen-bond acceptors (Lipinski definition) is 3. The van der Waals surface area contributed by atoms with Crippen LogP contribution in [0, 0.1) is 5.92 Å². The van der Waals surface area contributed by atoms with Crippen LogP contribution in [0.15, 0.2) is 0 Å². The van der Waals surface area contributed by atoms with Crippen LogP contribution in [-0.2, 0) is 9.47 Å². The van der Waals surface area contributed by atoms with Gasteiger partial charge in [0.2, 0.25) is 0 Å². The molecule has 1 saturated carbocycles. The topological polar surface area (TPSA) is 64.9 Å². The molecule has 1 aliphatic carbocycles. The number of nitrogens with two attached hydrogens (primary N) is 1. The molecule has 1 amide bonds. The van der Waals surface area contributed by atoms with E-state index >= 15 is 0 Å². The van der Waals surface area contributed by atoms with Crippen molar-refractivity contribution in [1.29, 1.82) is 0 Å². The molecular weight excluding hydrogens is 170 g/mol. The summed E-state index contributed by atoms with van der Waals surface area (Å²) in [7, 11) is 0. The highest BCUT2D eigenvalue weighted by atomic mass is 16.6. The minimum absolute atomic E-state index is 0.0486. The minimum Gasteiger partial charge on any atom is -0.446 e. The molecule has 1 atom stereocenters. The van der Waals surface area contributed by atoms with Gasteiger partial charge in [0.25, 0.3) is 0 Å². The fourth-order valence-electron chi connectivity index (χ4n) is 2.07. The lowest BCUT2D eigenvalue weighted by molar-refractivity contribution is 0.0667. The zero-order chi connectivity index (χ0) is 9.26. The smallest absolute Gasteiger partial charge is 0.404 e. The Bertz CT molecular complexity index is 195. The molecule has 1 heterocycles. The van der Waals surface area contributed by atoms with Crippen molar-refractivity contribution in [3.8, 4) is 0 Å². The van der Waals surface area contributed by atoms with Gasteiger partial charge in [-0.1, -0.05) is 0 Å². The number of rotatable bonds is 2. The number of hydrogen-bond donors (Lipinski definition) is 1. The fourth-order valence-corrected chi connectivity index (χ4v) is 2.07. The Morgan fingerprint density at radius 3 is 2.38 bits per heavy atom. The number of amides is 1. The maximum Gasteiger partial charge on any atom is 0.404 e. The molecule has 1 aliphatic heterocycles. The Morgan fingerprint density at radius 2 is 1.92 bits per heavy atom. The SMILES string of the molecule is NC(=O)OC1CCC(C2CO2)CC1. The van der Waals surface area contributed by atoms with Crippen LogP contribution in [0.1, 0.15) is 25.7 Å². The third-order valence-corrected chi connectivity index (χ3v) is 2.89. The molecule has 0 aromatic carbocycles. The van der Waals surface area contributed by atoms with E-state index in [2.05, 4.69) is 0 Å². The van der Waals surface area contributed by atoms with Crippen LogP contribution in [0.2, 0.25) is 0 Å².